The van der Waals surface area contributed by atoms with E-state index in [1.54, 1.807) is 43.7 Å². The normalized spacial score (nSPS) is 15.6. The van der Waals surface area contributed by atoms with Crippen molar-refractivity contribution >= 4 is 35.0 Å². The molecule has 0 spiro atoms. The molecule has 1 aliphatic heterocycles. The van der Waals surface area contributed by atoms with Gasteiger partial charge in [0.2, 0.25) is 0 Å². The monoisotopic (exact) mass is 546 g/mol. The summed E-state index contributed by atoms with van der Waals surface area (Å²) in [5.41, 5.74) is 5.30. The number of benzene rings is 1. The molecule has 0 saturated carbocycles. The fraction of sp³-hybridized carbons (Fsp3) is 0.241. The molecule has 1 atom stereocenters. The number of thiazole rings is 1. The van der Waals surface area contributed by atoms with Crippen molar-refractivity contribution in [2.24, 2.45) is 4.99 Å². The van der Waals surface area contributed by atoms with Crippen LogP contribution in [0.2, 0.25) is 5.02 Å². The van der Waals surface area contributed by atoms with Crippen LogP contribution in [-0.4, -0.2) is 26.2 Å². The van der Waals surface area contributed by atoms with Crippen LogP contribution < -0.4 is 14.9 Å². The van der Waals surface area contributed by atoms with Crippen LogP contribution in [0.5, 0.6) is 0 Å². The molecule has 38 heavy (non-hydrogen) atoms. The lowest BCUT2D eigenvalue weighted by Crippen LogP contribution is -2.40. The SMILES string of the molecule is CC1=C(C(=O)OC(C)C)C(c2ccc(Cl)cc2)n2c(sc(=Cc3cc(C)n(-c4cccnc4)c3C)c2=O)=N1. The first-order chi connectivity index (χ1) is 18.2. The number of ether oxygens (including phenoxy) is 1. The zero-order chi connectivity index (χ0) is 27.1. The minimum absolute atomic E-state index is 0.220. The van der Waals surface area contributed by atoms with Crippen LogP contribution >= 0.6 is 22.9 Å². The molecule has 0 aliphatic carbocycles. The number of pyridine rings is 1. The summed E-state index contributed by atoms with van der Waals surface area (Å²) in [5, 5.41) is 0.567. The van der Waals surface area contributed by atoms with E-state index in [9.17, 15) is 9.59 Å². The van der Waals surface area contributed by atoms with Crippen LogP contribution in [-0.2, 0) is 9.53 Å². The van der Waals surface area contributed by atoms with E-state index in [-0.39, 0.29) is 11.7 Å². The van der Waals surface area contributed by atoms with Gasteiger partial charge in [0.05, 0.1) is 39.8 Å². The lowest BCUT2D eigenvalue weighted by atomic mass is 9.96. The Morgan fingerprint density at radius 3 is 2.55 bits per heavy atom. The topological polar surface area (TPSA) is 78.5 Å². The van der Waals surface area contributed by atoms with Gasteiger partial charge in [-0.2, -0.15) is 0 Å². The standard InChI is InChI=1S/C29H27ClN4O3S/c1-16(2)37-28(36)25-18(4)32-29-34(26(25)20-8-10-22(30)11-9-20)27(35)24(38-29)14-21-13-17(3)33(19(21)5)23-7-6-12-31-15-23/h6-16,26H,1-5H3. The van der Waals surface area contributed by atoms with Gasteiger partial charge in [0.1, 0.15) is 0 Å². The van der Waals surface area contributed by atoms with Crippen molar-refractivity contribution < 1.29 is 9.53 Å². The minimum atomic E-state index is -0.681. The summed E-state index contributed by atoms with van der Waals surface area (Å²) < 4.78 is 9.78. The maximum Gasteiger partial charge on any atom is 0.338 e. The average Bonchev–Trinajstić information content (AvgIpc) is 3.33. The first-order valence-electron chi connectivity index (χ1n) is 12.2. The summed E-state index contributed by atoms with van der Waals surface area (Å²) in [6.45, 7) is 9.40. The highest BCUT2D eigenvalue weighted by Gasteiger charge is 2.33. The van der Waals surface area contributed by atoms with E-state index in [1.165, 1.54) is 11.3 Å². The number of esters is 1. The van der Waals surface area contributed by atoms with Gasteiger partial charge in [-0.25, -0.2) is 9.79 Å². The number of fused-ring (bicyclic) bond motifs is 1. The molecule has 0 saturated heterocycles. The summed E-state index contributed by atoms with van der Waals surface area (Å²) in [6, 6.07) is 12.4. The Hall–Kier alpha value is -3.75. The Labute approximate surface area is 229 Å². The highest BCUT2D eigenvalue weighted by molar-refractivity contribution is 7.07. The van der Waals surface area contributed by atoms with E-state index in [1.807, 2.05) is 56.5 Å². The van der Waals surface area contributed by atoms with Gasteiger partial charge in [0.15, 0.2) is 4.80 Å². The van der Waals surface area contributed by atoms with Gasteiger partial charge >= 0.3 is 5.97 Å². The van der Waals surface area contributed by atoms with Gasteiger partial charge in [-0.05, 0) is 82.2 Å². The van der Waals surface area contributed by atoms with Gasteiger partial charge in [0, 0.05) is 22.6 Å². The molecule has 1 unspecified atom stereocenters. The summed E-state index contributed by atoms with van der Waals surface area (Å²) in [6.07, 6.45) is 5.13. The van der Waals surface area contributed by atoms with Crippen molar-refractivity contribution in [3.8, 4) is 5.69 Å². The number of carbonyl (C=O) groups is 1. The second-order valence-corrected chi connectivity index (χ2v) is 10.9. The van der Waals surface area contributed by atoms with Gasteiger partial charge in [0.25, 0.3) is 5.56 Å². The molecular weight excluding hydrogens is 520 g/mol. The number of halogens is 1. The van der Waals surface area contributed by atoms with Crippen molar-refractivity contribution in [3.63, 3.8) is 0 Å². The van der Waals surface area contributed by atoms with Crippen LogP contribution in [0, 0.1) is 13.8 Å². The second kappa shape index (κ2) is 10.2. The molecule has 1 aromatic carbocycles. The van der Waals surface area contributed by atoms with E-state index < -0.39 is 12.0 Å². The molecule has 0 bridgehead atoms. The first-order valence-corrected chi connectivity index (χ1v) is 13.4. The van der Waals surface area contributed by atoms with Crippen LogP contribution in [0.25, 0.3) is 11.8 Å². The van der Waals surface area contributed by atoms with Crippen LogP contribution in [0.4, 0.5) is 0 Å². The molecular formula is C29H27ClN4O3S. The van der Waals surface area contributed by atoms with Crippen molar-refractivity contribution in [3.05, 3.63) is 113 Å². The van der Waals surface area contributed by atoms with Crippen LogP contribution in [0.15, 0.2) is 75.9 Å². The van der Waals surface area contributed by atoms with E-state index >= 15 is 0 Å². The molecule has 3 aromatic heterocycles. The lowest BCUT2D eigenvalue weighted by Gasteiger charge is -2.25. The van der Waals surface area contributed by atoms with E-state index in [2.05, 4.69) is 14.5 Å². The third-order valence-electron chi connectivity index (χ3n) is 6.43. The first kappa shape index (κ1) is 25.9. The quantitative estimate of drug-likeness (QED) is 0.342. The summed E-state index contributed by atoms with van der Waals surface area (Å²) in [7, 11) is 0. The molecule has 0 radical (unpaired) electrons. The highest BCUT2D eigenvalue weighted by atomic mass is 35.5. The van der Waals surface area contributed by atoms with Gasteiger partial charge < -0.3 is 9.30 Å². The molecule has 4 aromatic rings. The minimum Gasteiger partial charge on any atom is -0.459 e. The number of allylic oxidation sites excluding steroid dienone is 1. The van der Waals surface area contributed by atoms with Crippen LogP contribution in [0.3, 0.4) is 0 Å². The second-order valence-electron chi connectivity index (χ2n) is 9.46. The van der Waals surface area contributed by atoms with Gasteiger partial charge in [-0.3, -0.25) is 14.3 Å². The van der Waals surface area contributed by atoms with E-state index in [0.29, 0.717) is 25.6 Å². The summed E-state index contributed by atoms with van der Waals surface area (Å²) in [5.74, 6) is -0.490. The molecule has 0 N–H and O–H groups in total. The Balaban J connectivity index is 1.69. The Bertz CT molecular complexity index is 1750. The van der Waals surface area contributed by atoms with Crippen molar-refractivity contribution in [1.29, 1.82) is 0 Å². The molecule has 4 heterocycles. The molecule has 0 amide bonds. The number of hydrogen-bond donors (Lipinski definition) is 0. The number of hydrogen-bond acceptors (Lipinski definition) is 6. The van der Waals surface area contributed by atoms with Crippen LogP contribution in [0.1, 0.15) is 49.3 Å². The maximum absolute atomic E-state index is 13.9. The van der Waals surface area contributed by atoms with Crippen molar-refractivity contribution in [1.82, 2.24) is 14.1 Å². The lowest BCUT2D eigenvalue weighted by molar-refractivity contribution is -0.143. The molecule has 9 heteroatoms. The number of nitrogens with zero attached hydrogens (tertiary/aromatic N) is 4. The Kier molecular flexibility index (Phi) is 6.94. The van der Waals surface area contributed by atoms with Crippen molar-refractivity contribution in [2.75, 3.05) is 0 Å². The highest BCUT2D eigenvalue weighted by Crippen LogP contribution is 2.31. The van der Waals surface area contributed by atoms with E-state index in [4.69, 9.17) is 16.3 Å². The fourth-order valence-corrected chi connectivity index (χ4v) is 5.94. The molecule has 0 fully saturated rings. The van der Waals surface area contributed by atoms with E-state index in [0.717, 1.165) is 28.2 Å². The molecule has 194 valence electrons. The smallest absolute Gasteiger partial charge is 0.338 e. The van der Waals surface area contributed by atoms with Crippen molar-refractivity contribution in [2.45, 2.75) is 46.8 Å². The average molecular weight is 547 g/mol. The summed E-state index contributed by atoms with van der Waals surface area (Å²) >= 11 is 7.45. The molecule has 5 rings (SSSR count). The largest absolute Gasteiger partial charge is 0.459 e. The number of aryl methyl sites for hydroxylation is 1. The zero-order valence-corrected chi connectivity index (χ0v) is 23.3. The Morgan fingerprint density at radius 2 is 1.89 bits per heavy atom. The Morgan fingerprint density at radius 1 is 1.16 bits per heavy atom. The maximum atomic E-state index is 13.9. The molecule has 7 nitrogen and oxygen atoms in total. The summed E-state index contributed by atoms with van der Waals surface area (Å²) in [4.78, 5) is 36.5. The predicted molar refractivity (Wildman–Crippen MR) is 149 cm³/mol. The number of rotatable bonds is 5. The third kappa shape index (κ3) is 4.66. The number of aromatic nitrogens is 3. The number of carbonyl (C=O) groups excluding carboxylic acids is 1. The van der Waals surface area contributed by atoms with Gasteiger partial charge in [-0.15, -0.1) is 0 Å². The third-order valence-corrected chi connectivity index (χ3v) is 7.67. The predicted octanol–water partition coefficient (Wildman–Crippen LogP) is 4.64. The fourth-order valence-electron chi connectivity index (χ4n) is 4.78. The molecule has 1 aliphatic rings. The van der Waals surface area contributed by atoms with Gasteiger partial charge in [-0.1, -0.05) is 35.1 Å². The zero-order valence-electron chi connectivity index (χ0n) is 21.7.